The third kappa shape index (κ3) is 3.44. The van der Waals surface area contributed by atoms with Gasteiger partial charge in [0.25, 0.3) is 0 Å². The normalized spacial score (nSPS) is 14.4. The zero-order chi connectivity index (χ0) is 16.4. The molecule has 0 unspecified atom stereocenters. The molecule has 0 spiro atoms. The molecule has 0 N–H and O–H groups in total. The number of thiophene rings is 1. The van der Waals surface area contributed by atoms with Crippen LogP contribution in [0.15, 0.2) is 6.07 Å². The summed E-state index contributed by atoms with van der Waals surface area (Å²) in [7, 11) is 0. The van der Waals surface area contributed by atoms with Crippen LogP contribution in [0.5, 0.6) is 5.75 Å². The Kier molecular flexibility index (Phi) is 5.34. The van der Waals surface area contributed by atoms with E-state index in [0.29, 0.717) is 22.4 Å². The van der Waals surface area contributed by atoms with Gasteiger partial charge in [-0.15, -0.1) is 11.3 Å². The average molecular weight is 373 g/mol. The molecule has 1 aliphatic carbocycles. The minimum atomic E-state index is -0.413. The molecule has 0 aliphatic heterocycles. The van der Waals surface area contributed by atoms with Crippen molar-refractivity contribution in [2.45, 2.75) is 39.0 Å². The number of carbonyl (C=O) groups is 1. The monoisotopic (exact) mass is 372 g/mol. The van der Waals surface area contributed by atoms with Gasteiger partial charge in [-0.3, -0.25) is 0 Å². The predicted molar refractivity (Wildman–Crippen MR) is 95.2 cm³/mol. The van der Waals surface area contributed by atoms with Crippen molar-refractivity contribution in [3.05, 3.63) is 26.6 Å². The van der Waals surface area contributed by atoms with Crippen molar-refractivity contribution < 1.29 is 14.3 Å². The van der Waals surface area contributed by atoms with Crippen LogP contribution >= 0.6 is 34.5 Å². The number of esters is 1. The van der Waals surface area contributed by atoms with Crippen LogP contribution in [-0.2, 0) is 22.4 Å². The lowest BCUT2D eigenvalue weighted by Crippen LogP contribution is -2.14. The van der Waals surface area contributed by atoms with Gasteiger partial charge in [0.2, 0.25) is 0 Å². The third-order valence-corrected chi connectivity index (χ3v) is 6.28. The Morgan fingerprint density at radius 3 is 2.78 bits per heavy atom. The molecule has 0 saturated heterocycles. The maximum atomic E-state index is 11.5. The first-order chi connectivity index (χ1) is 11.1. The minimum absolute atomic E-state index is 0.165. The van der Waals surface area contributed by atoms with E-state index in [1.54, 1.807) is 18.3 Å². The summed E-state index contributed by atoms with van der Waals surface area (Å²) in [6.45, 7) is 1.92. The highest BCUT2D eigenvalue weighted by atomic mass is 35.5. The smallest absolute Gasteiger partial charge is 0.344 e. The van der Waals surface area contributed by atoms with Crippen LogP contribution < -0.4 is 4.74 Å². The lowest BCUT2D eigenvalue weighted by molar-refractivity contribution is -0.145. The molecule has 3 rings (SSSR count). The molecule has 1 aromatic heterocycles. The first kappa shape index (κ1) is 16.9. The van der Waals surface area contributed by atoms with E-state index in [-0.39, 0.29) is 6.61 Å². The largest absolute Gasteiger partial charge is 0.480 e. The van der Waals surface area contributed by atoms with E-state index in [1.807, 2.05) is 6.07 Å². The number of carbonyl (C=O) groups excluding carboxylic acids is 1. The van der Waals surface area contributed by atoms with Gasteiger partial charge in [-0.1, -0.05) is 29.6 Å². The number of benzene rings is 1. The van der Waals surface area contributed by atoms with Gasteiger partial charge in [0.05, 0.1) is 16.3 Å². The Hall–Kier alpha value is -0.970. The Labute approximate surface area is 149 Å². The van der Waals surface area contributed by atoms with Gasteiger partial charge in [0.1, 0.15) is 10.8 Å². The number of ether oxygens (including phenoxy) is 2. The van der Waals surface area contributed by atoms with Crippen molar-refractivity contribution in [2.24, 2.45) is 0 Å². The summed E-state index contributed by atoms with van der Waals surface area (Å²) in [5.74, 6) is 0.0333. The van der Waals surface area contributed by atoms with Gasteiger partial charge in [0.15, 0.2) is 6.61 Å². The summed E-state index contributed by atoms with van der Waals surface area (Å²) in [6, 6.07) is 1.92. The molecule has 1 heterocycles. The van der Waals surface area contributed by atoms with Gasteiger partial charge >= 0.3 is 5.97 Å². The maximum Gasteiger partial charge on any atom is 0.344 e. The molecule has 1 aromatic carbocycles. The number of fused-ring (bicyclic) bond motifs is 3. The Bertz CT molecular complexity index is 739. The van der Waals surface area contributed by atoms with Crippen molar-refractivity contribution in [1.82, 2.24) is 0 Å². The molecular formula is C17H18Cl2O3S. The first-order valence-corrected chi connectivity index (χ1v) is 9.39. The Morgan fingerprint density at radius 1 is 1.22 bits per heavy atom. The predicted octanol–water partition coefficient (Wildman–Crippen LogP) is 5.42. The molecule has 1 aliphatic rings. The summed E-state index contributed by atoms with van der Waals surface area (Å²) in [5.41, 5.74) is 1.36. The fourth-order valence-corrected chi connectivity index (χ4v) is 4.81. The molecule has 2 aromatic rings. The standard InChI is InChI=1S/C17H18Cl2O3S/c1-2-21-14(20)9-22-12-8-11-10-6-4-3-5-7-13(10)23-17(11)16(19)15(12)18/h8H,2-7,9H2,1H3. The molecule has 23 heavy (non-hydrogen) atoms. The van der Waals surface area contributed by atoms with E-state index in [4.69, 9.17) is 32.7 Å². The third-order valence-electron chi connectivity index (χ3n) is 4.00. The number of aryl methyl sites for hydroxylation is 2. The summed E-state index contributed by atoms with van der Waals surface area (Å²) in [4.78, 5) is 12.9. The van der Waals surface area contributed by atoms with Crippen LogP contribution in [0.1, 0.15) is 36.6 Å². The van der Waals surface area contributed by atoms with Gasteiger partial charge < -0.3 is 9.47 Å². The van der Waals surface area contributed by atoms with Gasteiger partial charge in [0, 0.05) is 10.3 Å². The van der Waals surface area contributed by atoms with Crippen molar-refractivity contribution in [3.8, 4) is 5.75 Å². The number of hydrogen-bond donors (Lipinski definition) is 0. The second kappa shape index (κ2) is 7.29. The van der Waals surface area contributed by atoms with Crippen molar-refractivity contribution in [2.75, 3.05) is 13.2 Å². The molecular weight excluding hydrogens is 355 g/mol. The molecule has 0 saturated carbocycles. The minimum Gasteiger partial charge on any atom is -0.480 e. The highest BCUT2D eigenvalue weighted by Crippen LogP contribution is 2.45. The summed E-state index contributed by atoms with van der Waals surface area (Å²) >= 11 is 14.5. The van der Waals surface area contributed by atoms with Crippen LogP contribution in [0.4, 0.5) is 0 Å². The molecule has 6 heteroatoms. The van der Waals surface area contributed by atoms with E-state index in [9.17, 15) is 4.79 Å². The summed E-state index contributed by atoms with van der Waals surface area (Å²) in [5, 5.41) is 1.99. The van der Waals surface area contributed by atoms with Crippen LogP contribution in [0, 0.1) is 0 Å². The number of rotatable bonds is 4. The Morgan fingerprint density at radius 2 is 2.00 bits per heavy atom. The molecule has 0 bridgehead atoms. The fourth-order valence-electron chi connectivity index (χ4n) is 2.93. The molecule has 0 fully saturated rings. The number of halogens is 2. The van der Waals surface area contributed by atoms with Gasteiger partial charge in [-0.05, 0) is 44.2 Å². The molecule has 3 nitrogen and oxygen atoms in total. The zero-order valence-electron chi connectivity index (χ0n) is 12.9. The quantitative estimate of drug-likeness (QED) is 0.530. The number of hydrogen-bond acceptors (Lipinski definition) is 4. The van der Waals surface area contributed by atoms with E-state index in [2.05, 4.69) is 0 Å². The molecule has 0 radical (unpaired) electrons. The van der Waals surface area contributed by atoms with Crippen LogP contribution in [0.3, 0.4) is 0 Å². The van der Waals surface area contributed by atoms with Crippen molar-refractivity contribution in [1.29, 1.82) is 0 Å². The Balaban J connectivity index is 1.97. The second-order valence-corrected chi connectivity index (χ2v) is 7.40. The summed E-state index contributed by atoms with van der Waals surface area (Å²) < 4.78 is 11.4. The summed E-state index contributed by atoms with van der Waals surface area (Å²) in [6.07, 6.45) is 5.83. The SMILES string of the molecule is CCOC(=O)COc1cc2c3c(sc2c(Cl)c1Cl)CCCCC3. The van der Waals surface area contributed by atoms with Crippen LogP contribution in [0.25, 0.3) is 10.1 Å². The van der Waals surface area contributed by atoms with Crippen LogP contribution in [0.2, 0.25) is 10.0 Å². The fraction of sp³-hybridized carbons (Fsp3) is 0.471. The highest BCUT2D eigenvalue weighted by Gasteiger charge is 2.21. The van der Waals surface area contributed by atoms with Gasteiger partial charge in [-0.25, -0.2) is 4.79 Å². The second-order valence-electron chi connectivity index (χ2n) is 5.54. The van der Waals surface area contributed by atoms with Crippen molar-refractivity contribution in [3.63, 3.8) is 0 Å². The lowest BCUT2D eigenvalue weighted by atomic mass is 10.1. The zero-order valence-corrected chi connectivity index (χ0v) is 15.2. The first-order valence-electron chi connectivity index (χ1n) is 7.82. The lowest BCUT2D eigenvalue weighted by Gasteiger charge is -2.10. The van der Waals surface area contributed by atoms with E-state index >= 15 is 0 Å². The van der Waals surface area contributed by atoms with E-state index in [1.165, 1.54) is 29.7 Å². The maximum absolute atomic E-state index is 11.5. The van der Waals surface area contributed by atoms with Gasteiger partial charge in [-0.2, -0.15) is 0 Å². The molecule has 124 valence electrons. The van der Waals surface area contributed by atoms with Crippen molar-refractivity contribution >= 4 is 50.6 Å². The van der Waals surface area contributed by atoms with E-state index in [0.717, 1.165) is 22.9 Å². The van der Waals surface area contributed by atoms with Crippen LogP contribution in [-0.4, -0.2) is 19.2 Å². The average Bonchev–Trinajstić information content (AvgIpc) is 2.72. The topological polar surface area (TPSA) is 35.5 Å². The highest BCUT2D eigenvalue weighted by molar-refractivity contribution is 7.20. The van der Waals surface area contributed by atoms with E-state index < -0.39 is 5.97 Å². The molecule has 0 amide bonds. The molecule has 0 atom stereocenters.